The maximum absolute atomic E-state index is 11.9. The molecule has 2 amide bonds. The average molecular weight is 487 g/mol. The van der Waals surface area contributed by atoms with E-state index < -0.39 is 0 Å². The molecule has 0 spiro atoms. The van der Waals surface area contributed by atoms with Gasteiger partial charge in [-0.05, 0) is 32.4 Å². The Kier molecular flexibility index (Phi) is 10.1. The molecule has 7 nitrogen and oxygen atoms in total. The largest absolute Gasteiger partial charge is 0.357 e. The predicted octanol–water partition coefficient (Wildman–Crippen LogP) is 2.20. The molecule has 1 aliphatic heterocycles. The molecule has 0 bridgehead atoms. The van der Waals surface area contributed by atoms with Gasteiger partial charge in [-0.15, -0.1) is 24.0 Å². The van der Waals surface area contributed by atoms with Crippen molar-refractivity contribution in [1.29, 1.82) is 0 Å². The molecule has 1 heterocycles. The SMILES string of the molecule is CCNC(=NCC1CC(=O)Nc2ccccc21)NCCC(=O)NC(C)C.I. The van der Waals surface area contributed by atoms with Crippen molar-refractivity contribution in [3.8, 4) is 0 Å². The molecule has 1 aromatic rings. The van der Waals surface area contributed by atoms with Gasteiger partial charge in [-0.2, -0.15) is 0 Å². The van der Waals surface area contributed by atoms with Crippen LogP contribution in [0.4, 0.5) is 5.69 Å². The van der Waals surface area contributed by atoms with E-state index in [9.17, 15) is 9.59 Å². The van der Waals surface area contributed by atoms with Crippen LogP contribution in [0.1, 0.15) is 45.1 Å². The van der Waals surface area contributed by atoms with Crippen molar-refractivity contribution in [1.82, 2.24) is 16.0 Å². The van der Waals surface area contributed by atoms with Crippen LogP contribution in [0.5, 0.6) is 0 Å². The van der Waals surface area contributed by atoms with Gasteiger partial charge in [0.2, 0.25) is 11.8 Å². The highest BCUT2D eigenvalue weighted by molar-refractivity contribution is 14.0. The minimum Gasteiger partial charge on any atom is -0.357 e. The molecular formula is C19H30IN5O2. The molecule has 0 radical (unpaired) electrons. The Hall–Kier alpha value is -1.84. The fourth-order valence-corrected chi connectivity index (χ4v) is 2.90. The maximum Gasteiger partial charge on any atom is 0.225 e. The second-order valence-electron chi connectivity index (χ2n) is 6.66. The standard InChI is InChI=1S/C19H29N5O2.HI/c1-4-20-19(21-10-9-17(25)23-13(2)3)22-12-14-11-18(26)24-16-8-6-5-7-15(14)16;/h5-8,13-14H,4,9-12H2,1-3H3,(H,23,25)(H,24,26)(H2,20,21,22);1H. The van der Waals surface area contributed by atoms with E-state index in [0.29, 0.717) is 31.9 Å². The summed E-state index contributed by atoms with van der Waals surface area (Å²) in [7, 11) is 0. The number of nitrogens with one attached hydrogen (secondary N) is 4. The van der Waals surface area contributed by atoms with E-state index in [1.54, 1.807) is 0 Å². The number of fused-ring (bicyclic) bond motifs is 1. The zero-order chi connectivity index (χ0) is 18.9. The number of hydrogen-bond donors (Lipinski definition) is 4. The van der Waals surface area contributed by atoms with Crippen LogP contribution in [0.3, 0.4) is 0 Å². The number of anilines is 1. The summed E-state index contributed by atoms with van der Waals surface area (Å²) >= 11 is 0. The molecule has 150 valence electrons. The van der Waals surface area contributed by atoms with Crippen LogP contribution in [-0.2, 0) is 9.59 Å². The third-order valence-corrected chi connectivity index (χ3v) is 4.01. The minimum absolute atomic E-state index is 0. The number of para-hydroxylation sites is 1. The zero-order valence-corrected chi connectivity index (χ0v) is 18.5. The number of guanidine groups is 1. The topological polar surface area (TPSA) is 94.6 Å². The van der Waals surface area contributed by atoms with Crippen molar-refractivity contribution < 1.29 is 9.59 Å². The molecule has 27 heavy (non-hydrogen) atoms. The first-order valence-electron chi connectivity index (χ1n) is 9.20. The Morgan fingerprint density at radius 3 is 2.74 bits per heavy atom. The Balaban J connectivity index is 0.00000364. The van der Waals surface area contributed by atoms with Crippen LogP contribution in [0.2, 0.25) is 0 Å². The third kappa shape index (κ3) is 7.74. The van der Waals surface area contributed by atoms with Gasteiger partial charge in [0.25, 0.3) is 0 Å². The Morgan fingerprint density at radius 1 is 1.30 bits per heavy atom. The zero-order valence-electron chi connectivity index (χ0n) is 16.2. The van der Waals surface area contributed by atoms with Crippen LogP contribution in [0.25, 0.3) is 0 Å². The summed E-state index contributed by atoms with van der Waals surface area (Å²) in [6.07, 6.45) is 0.813. The van der Waals surface area contributed by atoms with Crippen LogP contribution in [-0.4, -0.2) is 43.5 Å². The molecule has 1 aromatic carbocycles. The fourth-order valence-electron chi connectivity index (χ4n) is 2.90. The maximum atomic E-state index is 11.9. The first-order chi connectivity index (χ1) is 12.5. The Morgan fingerprint density at radius 2 is 2.04 bits per heavy atom. The lowest BCUT2D eigenvalue weighted by Crippen LogP contribution is -2.40. The number of carbonyl (C=O) groups is 2. The molecular weight excluding hydrogens is 457 g/mol. The van der Waals surface area contributed by atoms with E-state index in [2.05, 4.69) is 26.3 Å². The lowest BCUT2D eigenvalue weighted by Gasteiger charge is -2.24. The van der Waals surface area contributed by atoms with Crippen molar-refractivity contribution in [3.63, 3.8) is 0 Å². The number of halogens is 1. The van der Waals surface area contributed by atoms with E-state index in [0.717, 1.165) is 17.8 Å². The number of carbonyl (C=O) groups excluding carboxylic acids is 2. The molecule has 0 fully saturated rings. The molecule has 1 aliphatic rings. The van der Waals surface area contributed by atoms with Crippen LogP contribution in [0, 0.1) is 0 Å². The average Bonchev–Trinajstić information content (AvgIpc) is 2.58. The highest BCUT2D eigenvalue weighted by atomic mass is 127. The predicted molar refractivity (Wildman–Crippen MR) is 120 cm³/mol. The molecule has 0 saturated heterocycles. The van der Waals surface area contributed by atoms with Crippen molar-refractivity contribution in [2.45, 2.75) is 45.6 Å². The van der Waals surface area contributed by atoms with E-state index in [4.69, 9.17) is 0 Å². The normalized spacial score (nSPS) is 16.1. The quantitative estimate of drug-likeness (QED) is 0.270. The van der Waals surface area contributed by atoms with Gasteiger partial charge in [0.05, 0.1) is 6.54 Å². The van der Waals surface area contributed by atoms with Gasteiger partial charge >= 0.3 is 0 Å². The smallest absolute Gasteiger partial charge is 0.225 e. The summed E-state index contributed by atoms with van der Waals surface area (Å²) in [6.45, 7) is 7.62. The minimum atomic E-state index is 0. The van der Waals surface area contributed by atoms with E-state index in [1.807, 2.05) is 45.0 Å². The second kappa shape index (κ2) is 11.8. The van der Waals surface area contributed by atoms with E-state index in [-0.39, 0.29) is 47.8 Å². The summed E-state index contributed by atoms with van der Waals surface area (Å²) < 4.78 is 0. The third-order valence-electron chi connectivity index (χ3n) is 4.01. The van der Waals surface area contributed by atoms with E-state index in [1.165, 1.54) is 0 Å². The number of hydrogen-bond acceptors (Lipinski definition) is 3. The lowest BCUT2D eigenvalue weighted by atomic mass is 9.91. The highest BCUT2D eigenvalue weighted by Gasteiger charge is 2.24. The molecule has 4 N–H and O–H groups in total. The summed E-state index contributed by atoms with van der Waals surface area (Å²) in [4.78, 5) is 28.2. The van der Waals surface area contributed by atoms with Crippen molar-refractivity contribution in [2.24, 2.45) is 4.99 Å². The molecule has 1 atom stereocenters. The summed E-state index contributed by atoms with van der Waals surface area (Å²) in [6, 6.07) is 7.98. The number of nitrogens with zero attached hydrogens (tertiary/aromatic N) is 1. The van der Waals surface area contributed by atoms with Crippen LogP contribution < -0.4 is 21.3 Å². The first-order valence-corrected chi connectivity index (χ1v) is 9.20. The van der Waals surface area contributed by atoms with Gasteiger partial charge < -0.3 is 21.3 Å². The van der Waals surface area contributed by atoms with E-state index >= 15 is 0 Å². The van der Waals surface area contributed by atoms with Gasteiger partial charge in [-0.3, -0.25) is 14.6 Å². The van der Waals surface area contributed by atoms with Crippen LogP contribution >= 0.6 is 24.0 Å². The molecule has 8 heteroatoms. The van der Waals surface area contributed by atoms with Gasteiger partial charge in [-0.25, -0.2) is 0 Å². The number of benzene rings is 1. The second-order valence-corrected chi connectivity index (χ2v) is 6.66. The summed E-state index contributed by atoms with van der Waals surface area (Å²) in [5, 5.41) is 12.1. The molecule has 0 aliphatic carbocycles. The first kappa shape index (κ1) is 23.2. The Bertz CT molecular complexity index is 663. The molecule has 2 rings (SSSR count). The number of aliphatic imine (C=N–C) groups is 1. The number of rotatable bonds is 7. The monoisotopic (exact) mass is 487 g/mol. The summed E-state index contributed by atoms with van der Waals surface area (Å²) in [5.41, 5.74) is 1.98. The van der Waals surface area contributed by atoms with Crippen molar-refractivity contribution in [2.75, 3.05) is 25.0 Å². The van der Waals surface area contributed by atoms with Gasteiger partial charge in [0.15, 0.2) is 5.96 Å². The highest BCUT2D eigenvalue weighted by Crippen LogP contribution is 2.31. The van der Waals surface area contributed by atoms with Gasteiger partial charge in [0.1, 0.15) is 0 Å². The van der Waals surface area contributed by atoms with Gasteiger partial charge in [0, 0.05) is 43.6 Å². The molecule has 0 saturated carbocycles. The lowest BCUT2D eigenvalue weighted by molar-refractivity contribution is -0.121. The van der Waals surface area contributed by atoms with Crippen LogP contribution in [0.15, 0.2) is 29.3 Å². The summed E-state index contributed by atoms with van der Waals surface area (Å²) in [5.74, 6) is 0.751. The molecule has 0 aromatic heterocycles. The number of amides is 2. The van der Waals surface area contributed by atoms with Gasteiger partial charge in [-0.1, -0.05) is 18.2 Å². The Labute approximate surface area is 178 Å². The van der Waals surface area contributed by atoms with Crippen molar-refractivity contribution in [3.05, 3.63) is 29.8 Å². The molecule has 1 unspecified atom stereocenters. The van der Waals surface area contributed by atoms with Crippen molar-refractivity contribution >= 4 is 47.4 Å². The fraction of sp³-hybridized carbons (Fsp3) is 0.526.